The highest BCUT2D eigenvalue weighted by Gasteiger charge is 2.23. The molecule has 2 aromatic rings. The normalized spacial score (nSPS) is 19.7. The lowest BCUT2D eigenvalue weighted by Crippen LogP contribution is -2.41. The molecular formula is C20H27N3O3S. The molecule has 146 valence electrons. The molecule has 1 fully saturated rings. The fourth-order valence-corrected chi connectivity index (χ4v) is 4.01. The number of para-hydroxylation sites is 1. The van der Waals surface area contributed by atoms with Crippen molar-refractivity contribution in [2.75, 3.05) is 5.75 Å². The van der Waals surface area contributed by atoms with E-state index in [-0.39, 0.29) is 24.3 Å². The van der Waals surface area contributed by atoms with Gasteiger partial charge in [0.2, 0.25) is 5.91 Å². The summed E-state index contributed by atoms with van der Waals surface area (Å²) in [5.41, 5.74) is 2.13. The molecule has 0 bridgehead atoms. The van der Waals surface area contributed by atoms with Gasteiger partial charge in [-0.25, -0.2) is 0 Å². The summed E-state index contributed by atoms with van der Waals surface area (Å²) in [6.07, 6.45) is 4.70. The van der Waals surface area contributed by atoms with E-state index in [0.717, 1.165) is 23.3 Å². The van der Waals surface area contributed by atoms with Crippen LogP contribution in [0.5, 0.6) is 5.75 Å². The van der Waals surface area contributed by atoms with Crippen molar-refractivity contribution in [1.29, 1.82) is 0 Å². The molecule has 0 spiro atoms. The van der Waals surface area contributed by atoms with Gasteiger partial charge in [-0.1, -0.05) is 49.7 Å². The average molecular weight is 390 g/mol. The molecule has 1 saturated carbocycles. The predicted molar refractivity (Wildman–Crippen MR) is 105 cm³/mol. The Bertz CT molecular complexity index is 757. The number of amides is 1. The molecule has 1 amide bonds. The van der Waals surface area contributed by atoms with Crippen LogP contribution in [0, 0.1) is 19.8 Å². The van der Waals surface area contributed by atoms with Crippen molar-refractivity contribution in [3.63, 3.8) is 0 Å². The zero-order valence-electron chi connectivity index (χ0n) is 16.2. The van der Waals surface area contributed by atoms with E-state index in [0.29, 0.717) is 17.0 Å². The largest absolute Gasteiger partial charge is 0.483 e. The van der Waals surface area contributed by atoms with Crippen molar-refractivity contribution >= 4 is 17.7 Å². The van der Waals surface area contributed by atoms with E-state index in [1.54, 1.807) is 0 Å². The lowest BCUT2D eigenvalue weighted by Gasteiger charge is -2.29. The van der Waals surface area contributed by atoms with Gasteiger partial charge in [-0.3, -0.25) is 4.79 Å². The van der Waals surface area contributed by atoms with Crippen molar-refractivity contribution in [1.82, 2.24) is 15.5 Å². The molecule has 1 aromatic carbocycles. The van der Waals surface area contributed by atoms with E-state index >= 15 is 0 Å². The van der Waals surface area contributed by atoms with Crippen LogP contribution >= 0.6 is 11.8 Å². The summed E-state index contributed by atoms with van der Waals surface area (Å²) in [6.45, 7) is 6.43. The average Bonchev–Trinajstić information content (AvgIpc) is 3.09. The van der Waals surface area contributed by atoms with Crippen molar-refractivity contribution in [2.45, 2.75) is 64.3 Å². The van der Waals surface area contributed by atoms with Gasteiger partial charge in [0, 0.05) is 6.04 Å². The second kappa shape index (κ2) is 9.26. The number of hydrogen-bond acceptors (Lipinski definition) is 6. The summed E-state index contributed by atoms with van der Waals surface area (Å²) in [4.78, 5) is 12.2. The van der Waals surface area contributed by atoms with Crippen LogP contribution in [-0.4, -0.2) is 27.9 Å². The Morgan fingerprint density at radius 1 is 1.26 bits per heavy atom. The van der Waals surface area contributed by atoms with E-state index in [9.17, 15) is 4.79 Å². The molecule has 0 aliphatic heterocycles. The maximum absolute atomic E-state index is 12.2. The number of aromatic nitrogens is 2. The number of carbonyl (C=O) groups excluding carboxylic acids is 1. The fourth-order valence-electron chi connectivity index (χ4n) is 3.42. The summed E-state index contributed by atoms with van der Waals surface area (Å²) >= 11 is 1.26. The summed E-state index contributed by atoms with van der Waals surface area (Å²) in [5, 5.41) is 11.5. The van der Waals surface area contributed by atoms with Crippen molar-refractivity contribution in [3.8, 4) is 5.75 Å². The smallest absolute Gasteiger partial charge is 0.277 e. The predicted octanol–water partition coefficient (Wildman–Crippen LogP) is 4.05. The van der Waals surface area contributed by atoms with Crippen LogP contribution in [0.15, 0.2) is 27.8 Å². The number of benzene rings is 1. The zero-order valence-corrected chi connectivity index (χ0v) is 17.0. The van der Waals surface area contributed by atoms with Gasteiger partial charge < -0.3 is 14.5 Å². The summed E-state index contributed by atoms with van der Waals surface area (Å²) in [5.74, 6) is 2.09. The molecule has 0 saturated heterocycles. The molecule has 0 unspecified atom stereocenters. The topological polar surface area (TPSA) is 77.2 Å². The number of thioether (sulfide) groups is 1. The SMILES string of the molecule is Cc1cccc(C)c1OCc1nnc(SCC(=O)N[C@@H]2CCCC[C@@H]2C)o1. The zero-order chi connectivity index (χ0) is 19.2. The first-order valence-corrected chi connectivity index (χ1v) is 10.4. The molecule has 7 heteroatoms. The molecule has 27 heavy (non-hydrogen) atoms. The number of nitrogens with zero attached hydrogens (tertiary/aromatic N) is 2. The first kappa shape index (κ1) is 19.7. The van der Waals surface area contributed by atoms with Crippen molar-refractivity contribution in [2.24, 2.45) is 5.92 Å². The lowest BCUT2D eigenvalue weighted by atomic mass is 9.86. The molecule has 2 atom stereocenters. The highest BCUT2D eigenvalue weighted by molar-refractivity contribution is 7.99. The summed E-state index contributed by atoms with van der Waals surface area (Å²) < 4.78 is 11.4. The number of ether oxygens (including phenoxy) is 1. The Labute approximate surface area is 164 Å². The highest BCUT2D eigenvalue weighted by Crippen LogP contribution is 2.25. The number of hydrogen-bond donors (Lipinski definition) is 1. The quantitative estimate of drug-likeness (QED) is 0.720. The van der Waals surface area contributed by atoms with Gasteiger partial charge in [-0.15, -0.1) is 10.2 Å². The van der Waals surface area contributed by atoms with E-state index in [1.807, 2.05) is 32.0 Å². The van der Waals surface area contributed by atoms with Crippen LogP contribution in [0.2, 0.25) is 0 Å². The molecule has 0 radical (unpaired) electrons. The minimum Gasteiger partial charge on any atom is -0.483 e. The molecule has 1 heterocycles. The van der Waals surface area contributed by atoms with Gasteiger partial charge in [0.15, 0.2) is 6.61 Å². The fraction of sp³-hybridized carbons (Fsp3) is 0.550. The van der Waals surface area contributed by atoms with Crippen LogP contribution in [-0.2, 0) is 11.4 Å². The van der Waals surface area contributed by atoms with Crippen LogP contribution < -0.4 is 10.1 Å². The molecule has 3 rings (SSSR count). The van der Waals surface area contributed by atoms with E-state index in [4.69, 9.17) is 9.15 Å². The van der Waals surface area contributed by atoms with E-state index in [1.165, 1.54) is 31.0 Å². The monoisotopic (exact) mass is 389 g/mol. The number of rotatable bonds is 7. The van der Waals surface area contributed by atoms with Gasteiger partial charge in [0.25, 0.3) is 11.1 Å². The highest BCUT2D eigenvalue weighted by atomic mass is 32.2. The summed E-state index contributed by atoms with van der Waals surface area (Å²) in [6, 6.07) is 6.29. The van der Waals surface area contributed by atoms with Crippen LogP contribution in [0.3, 0.4) is 0 Å². The molecule has 1 N–H and O–H groups in total. The molecular weight excluding hydrogens is 362 g/mol. The third-order valence-electron chi connectivity index (χ3n) is 4.98. The molecule has 1 aliphatic rings. The van der Waals surface area contributed by atoms with E-state index in [2.05, 4.69) is 22.4 Å². The van der Waals surface area contributed by atoms with Gasteiger partial charge in [0.05, 0.1) is 5.75 Å². The molecule has 6 nitrogen and oxygen atoms in total. The standard InChI is InChI=1S/C20H27N3O3S/c1-13-7-4-5-10-16(13)21-17(24)12-27-20-23-22-18(26-20)11-25-19-14(2)8-6-9-15(19)3/h6,8-9,13,16H,4-5,7,10-12H2,1-3H3,(H,21,24)/t13-,16+/m0/s1. The van der Waals surface area contributed by atoms with Gasteiger partial charge in [-0.05, 0) is 43.7 Å². The second-order valence-electron chi connectivity index (χ2n) is 7.20. The lowest BCUT2D eigenvalue weighted by molar-refractivity contribution is -0.119. The van der Waals surface area contributed by atoms with Gasteiger partial charge in [0.1, 0.15) is 5.75 Å². The van der Waals surface area contributed by atoms with Crippen LogP contribution in [0.4, 0.5) is 0 Å². The Morgan fingerprint density at radius 2 is 2.00 bits per heavy atom. The maximum atomic E-state index is 12.2. The number of carbonyl (C=O) groups is 1. The van der Waals surface area contributed by atoms with Gasteiger partial charge >= 0.3 is 0 Å². The number of aryl methyl sites for hydroxylation is 2. The van der Waals surface area contributed by atoms with E-state index < -0.39 is 0 Å². The minimum atomic E-state index is 0.0188. The Balaban J connectivity index is 1.46. The Kier molecular flexibility index (Phi) is 6.77. The van der Waals surface area contributed by atoms with Gasteiger partial charge in [-0.2, -0.15) is 0 Å². The van der Waals surface area contributed by atoms with Crippen molar-refractivity contribution in [3.05, 3.63) is 35.2 Å². The summed E-state index contributed by atoms with van der Waals surface area (Å²) in [7, 11) is 0. The van der Waals surface area contributed by atoms with Crippen LogP contribution in [0.25, 0.3) is 0 Å². The molecule has 1 aromatic heterocycles. The first-order valence-electron chi connectivity index (χ1n) is 9.46. The third-order valence-corrected chi connectivity index (χ3v) is 5.80. The maximum Gasteiger partial charge on any atom is 0.277 e. The second-order valence-corrected chi connectivity index (χ2v) is 8.12. The number of nitrogens with one attached hydrogen (secondary N) is 1. The third kappa shape index (κ3) is 5.48. The van der Waals surface area contributed by atoms with Crippen LogP contribution in [0.1, 0.15) is 49.6 Å². The first-order chi connectivity index (χ1) is 13.0. The Hall–Kier alpha value is -2.02. The Morgan fingerprint density at radius 3 is 2.74 bits per heavy atom. The molecule has 1 aliphatic carbocycles. The van der Waals surface area contributed by atoms with Crippen molar-refractivity contribution < 1.29 is 13.9 Å². The minimum absolute atomic E-state index is 0.0188.